The van der Waals surface area contributed by atoms with Crippen molar-refractivity contribution in [2.45, 2.75) is 29.8 Å². The molecule has 2 aromatic carbocycles. The maximum absolute atomic E-state index is 13.9. The first-order chi connectivity index (χ1) is 13.3. The number of fused-ring (bicyclic) bond motifs is 2. The summed E-state index contributed by atoms with van der Waals surface area (Å²) in [6.45, 7) is 0.424. The summed E-state index contributed by atoms with van der Waals surface area (Å²) in [5, 5.41) is 2.82. The minimum atomic E-state index is -3.59. The molecule has 2 bridgehead atoms. The molecule has 0 spiro atoms. The van der Waals surface area contributed by atoms with Gasteiger partial charge in [0.25, 0.3) is 0 Å². The summed E-state index contributed by atoms with van der Waals surface area (Å²) in [6.07, 6.45) is 1.26. The number of hydrogen-bond acceptors (Lipinski definition) is 3. The number of anilines is 1. The molecule has 3 unspecified atom stereocenters. The van der Waals surface area contributed by atoms with Gasteiger partial charge in [-0.1, -0.05) is 29.8 Å². The Morgan fingerprint density at radius 3 is 2.54 bits per heavy atom. The van der Waals surface area contributed by atoms with Crippen molar-refractivity contribution in [1.82, 2.24) is 9.62 Å². The number of halogens is 2. The van der Waals surface area contributed by atoms with Gasteiger partial charge in [-0.15, -0.1) is 0 Å². The first-order valence-corrected chi connectivity index (χ1v) is 10.8. The van der Waals surface area contributed by atoms with Gasteiger partial charge in [-0.05, 0) is 49.1 Å². The lowest BCUT2D eigenvalue weighted by Crippen LogP contribution is -2.48. The molecule has 1 saturated heterocycles. The highest BCUT2D eigenvalue weighted by Gasteiger charge is 2.47. The van der Waals surface area contributed by atoms with Crippen molar-refractivity contribution in [3.63, 3.8) is 0 Å². The summed E-state index contributed by atoms with van der Waals surface area (Å²) < 4.78 is 41.7. The molecule has 0 radical (unpaired) electrons. The van der Waals surface area contributed by atoms with E-state index in [-0.39, 0.29) is 33.6 Å². The van der Waals surface area contributed by atoms with Crippen LogP contribution in [0.2, 0.25) is 5.02 Å². The molecule has 3 atom stereocenters. The van der Waals surface area contributed by atoms with Crippen molar-refractivity contribution >= 4 is 33.3 Å². The second-order valence-corrected chi connectivity index (χ2v) is 9.28. The van der Waals surface area contributed by atoms with Gasteiger partial charge < -0.3 is 10.2 Å². The van der Waals surface area contributed by atoms with Crippen LogP contribution in [-0.2, 0) is 10.0 Å². The van der Waals surface area contributed by atoms with Gasteiger partial charge in [-0.2, -0.15) is 0 Å². The number of nitrogens with zero attached hydrogens (tertiary/aromatic N) is 1. The lowest BCUT2D eigenvalue weighted by atomic mass is 10.0. The lowest BCUT2D eigenvalue weighted by molar-refractivity contribution is 0.187. The van der Waals surface area contributed by atoms with Crippen LogP contribution in [0.25, 0.3) is 0 Å². The zero-order valence-electron chi connectivity index (χ0n) is 14.8. The van der Waals surface area contributed by atoms with Crippen LogP contribution in [0.3, 0.4) is 0 Å². The largest absolute Gasteiger partial charge is 0.322 e. The van der Waals surface area contributed by atoms with E-state index in [9.17, 15) is 17.6 Å². The number of sulfonamides is 1. The molecule has 28 heavy (non-hydrogen) atoms. The van der Waals surface area contributed by atoms with Crippen LogP contribution < -0.4 is 10.0 Å². The SMILES string of the molecule is O=C(Nc1ccc(Cl)cc1F)N1CC2CC1CC2NS(=O)(=O)c1ccccc1. The molecule has 4 rings (SSSR count). The normalized spacial score (nSPS) is 23.8. The average molecular weight is 424 g/mol. The monoisotopic (exact) mass is 423 g/mol. The zero-order chi connectivity index (χ0) is 19.9. The number of nitrogens with one attached hydrogen (secondary N) is 2. The van der Waals surface area contributed by atoms with Crippen LogP contribution >= 0.6 is 11.6 Å². The molecule has 2 amide bonds. The maximum atomic E-state index is 13.9. The summed E-state index contributed by atoms with van der Waals surface area (Å²) in [5.74, 6) is -0.567. The topological polar surface area (TPSA) is 78.5 Å². The minimum absolute atomic E-state index is 0.0318. The van der Waals surface area contributed by atoms with Gasteiger partial charge in [-0.3, -0.25) is 0 Å². The smallest absolute Gasteiger partial charge is 0.321 e. The van der Waals surface area contributed by atoms with E-state index < -0.39 is 21.9 Å². The Morgan fingerprint density at radius 2 is 1.89 bits per heavy atom. The van der Waals surface area contributed by atoms with E-state index in [0.717, 1.165) is 12.5 Å². The van der Waals surface area contributed by atoms with E-state index in [1.165, 1.54) is 12.1 Å². The van der Waals surface area contributed by atoms with Crippen molar-refractivity contribution in [3.8, 4) is 0 Å². The van der Waals surface area contributed by atoms with E-state index in [1.807, 2.05) is 0 Å². The van der Waals surface area contributed by atoms with E-state index in [2.05, 4.69) is 10.0 Å². The molecule has 1 aliphatic heterocycles. The zero-order valence-corrected chi connectivity index (χ0v) is 16.4. The van der Waals surface area contributed by atoms with Crippen LogP contribution in [-0.4, -0.2) is 38.0 Å². The van der Waals surface area contributed by atoms with Crippen molar-refractivity contribution in [2.24, 2.45) is 5.92 Å². The van der Waals surface area contributed by atoms with E-state index in [0.29, 0.717) is 13.0 Å². The van der Waals surface area contributed by atoms with Crippen molar-refractivity contribution in [1.29, 1.82) is 0 Å². The fourth-order valence-electron chi connectivity index (χ4n) is 3.99. The van der Waals surface area contributed by atoms with Crippen molar-refractivity contribution in [3.05, 3.63) is 59.4 Å². The molecule has 9 heteroatoms. The van der Waals surface area contributed by atoms with Gasteiger partial charge in [0, 0.05) is 23.7 Å². The van der Waals surface area contributed by atoms with Gasteiger partial charge in [0.2, 0.25) is 10.0 Å². The third-order valence-corrected chi connectivity index (χ3v) is 7.08. The predicted octanol–water partition coefficient (Wildman–Crippen LogP) is 3.45. The van der Waals surface area contributed by atoms with Gasteiger partial charge in [0.05, 0.1) is 10.6 Å². The molecule has 1 aliphatic carbocycles. The number of urea groups is 1. The second-order valence-electron chi connectivity index (χ2n) is 7.13. The molecule has 2 fully saturated rings. The molecular formula is C19H19ClFN3O3S. The van der Waals surface area contributed by atoms with Gasteiger partial charge >= 0.3 is 6.03 Å². The quantitative estimate of drug-likeness (QED) is 0.790. The number of likely N-dealkylation sites (tertiary alicyclic amines) is 1. The van der Waals surface area contributed by atoms with Gasteiger partial charge in [0.1, 0.15) is 5.82 Å². The maximum Gasteiger partial charge on any atom is 0.322 e. The molecule has 6 nitrogen and oxygen atoms in total. The van der Waals surface area contributed by atoms with E-state index >= 15 is 0 Å². The average Bonchev–Trinajstić information content (AvgIpc) is 3.24. The van der Waals surface area contributed by atoms with Crippen LogP contribution in [0.5, 0.6) is 0 Å². The number of hydrogen-bond donors (Lipinski definition) is 2. The van der Waals surface area contributed by atoms with Gasteiger partial charge in [-0.25, -0.2) is 22.3 Å². The Labute approximate surface area is 167 Å². The molecular weight excluding hydrogens is 405 g/mol. The van der Waals surface area contributed by atoms with Crippen LogP contribution in [0.1, 0.15) is 12.8 Å². The van der Waals surface area contributed by atoms with E-state index in [1.54, 1.807) is 35.2 Å². The second kappa shape index (κ2) is 7.35. The van der Waals surface area contributed by atoms with Gasteiger partial charge in [0.15, 0.2) is 0 Å². The number of rotatable bonds is 4. The molecule has 2 aliphatic rings. The molecule has 2 aromatic rings. The lowest BCUT2D eigenvalue weighted by Gasteiger charge is -2.31. The molecule has 148 valence electrons. The Morgan fingerprint density at radius 1 is 1.14 bits per heavy atom. The van der Waals surface area contributed by atoms with Crippen LogP contribution in [0.4, 0.5) is 14.9 Å². The first-order valence-electron chi connectivity index (χ1n) is 8.93. The summed E-state index contributed by atoms with van der Waals surface area (Å²) >= 11 is 5.73. The standard InChI is InChI=1S/C19H19ClFN3O3S/c20-13-6-7-17(16(21)9-13)22-19(25)24-11-12-8-14(24)10-18(12)23-28(26,27)15-4-2-1-3-5-15/h1-7,9,12,14,18,23H,8,10-11H2,(H,22,25). The van der Waals surface area contributed by atoms with E-state index in [4.69, 9.17) is 11.6 Å². The highest BCUT2D eigenvalue weighted by molar-refractivity contribution is 7.89. The molecule has 1 heterocycles. The van der Waals surface area contributed by atoms with Crippen molar-refractivity contribution < 1.29 is 17.6 Å². The Balaban J connectivity index is 1.39. The Bertz CT molecular complexity index is 1000. The number of benzene rings is 2. The molecule has 2 N–H and O–H groups in total. The highest BCUT2D eigenvalue weighted by Crippen LogP contribution is 2.39. The van der Waals surface area contributed by atoms with Crippen molar-refractivity contribution in [2.75, 3.05) is 11.9 Å². The number of carbonyl (C=O) groups is 1. The fourth-order valence-corrected chi connectivity index (χ4v) is 5.49. The summed E-state index contributed by atoms with van der Waals surface area (Å²) in [4.78, 5) is 14.4. The Kier molecular flexibility index (Phi) is 5.03. The molecule has 1 saturated carbocycles. The minimum Gasteiger partial charge on any atom is -0.321 e. The highest BCUT2D eigenvalue weighted by atomic mass is 35.5. The third kappa shape index (κ3) is 3.72. The first kappa shape index (κ1) is 19.2. The number of amides is 2. The van der Waals surface area contributed by atoms with Crippen LogP contribution in [0, 0.1) is 11.7 Å². The summed E-state index contributed by atoms with van der Waals surface area (Å²) in [7, 11) is -3.59. The van der Waals surface area contributed by atoms with Crippen LogP contribution in [0.15, 0.2) is 53.4 Å². The third-order valence-electron chi connectivity index (χ3n) is 5.34. The number of piperidine rings is 1. The Hall–Kier alpha value is -2.16. The summed E-state index contributed by atoms with van der Waals surface area (Å²) in [5.41, 5.74) is 0.0681. The fraction of sp³-hybridized carbons (Fsp3) is 0.316. The molecule has 0 aromatic heterocycles. The number of carbonyl (C=O) groups excluding carboxylic acids is 1. The predicted molar refractivity (Wildman–Crippen MR) is 104 cm³/mol. The summed E-state index contributed by atoms with van der Waals surface area (Å²) in [6, 6.07) is 11.6.